The lowest BCUT2D eigenvalue weighted by Gasteiger charge is -2.07. The van der Waals surface area contributed by atoms with Gasteiger partial charge in [-0.2, -0.15) is 4.39 Å². The van der Waals surface area contributed by atoms with Crippen LogP contribution in [0.25, 0.3) is 11.0 Å². The molecular weight excluding hydrogens is 390 g/mol. The third kappa shape index (κ3) is 4.07. The lowest BCUT2D eigenvalue weighted by Crippen LogP contribution is -2.02. The van der Waals surface area contributed by atoms with Crippen LogP contribution < -0.4 is 9.47 Å². The van der Waals surface area contributed by atoms with Gasteiger partial charge in [0, 0.05) is 35.5 Å². The molecule has 0 saturated heterocycles. The highest BCUT2D eigenvalue weighted by Gasteiger charge is 2.12. The quantitative estimate of drug-likeness (QED) is 0.466. The number of halogens is 2. The molecule has 0 aromatic carbocycles. The lowest BCUT2D eigenvalue weighted by atomic mass is 10.0. The van der Waals surface area contributed by atoms with Crippen molar-refractivity contribution in [3.63, 3.8) is 0 Å². The van der Waals surface area contributed by atoms with Crippen molar-refractivity contribution >= 4 is 11.0 Å². The second-order valence-corrected chi connectivity index (χ2v) is 6.85. The molecule has 0 aliphatic rings. The number of rotatable bonds is 7. The molecule has 4 rings (SSSR count). The first-order valence-electron chi connectivity index (χ1n) is 9.40. The molecule has 0 unspecified atom stereocenters. The van der Waals surface area contributed by atoms with Crippen LogP contribution in [-0.2, 0) is 19.3 Å². The Balaban J connectivity index is 1.48. The lowest BCUT2D eigenvalue weighted by molar-refractivity contribution is 0.368. The van der Waals surface area contributed by atoms with Crippen LogP contribution in [-0.4, -0.2) is 34.2 Å². The predicted octanol–water partition coefficient (Wildman–Crippen LogP) is 4.02. The van der Waals surface area contributed by atoms with Gasteiger partial charge >= 0.3 is 0 Å². The molecule has 0 spiro atoms. The smallest absolute Gasteiger partial charge is 0.250 e. The number of hydrogen-bond acceptors (Lipinski definition) is 5. The van der Waals surface area contributed by atoms with E-state index in [1.54, 1.807) is 31.6 Å². The average Bonchev–Trinajstić information content (AvgIpc) is 3.16. The van der Waals surface area contributed by atoms with E-state index in [-0.39, 0.29) is 5.88 Å². The number of hydrogen-bond donors (Lipinski definition) is 1. The Morgan fingerprint density at radius 3 is 2.57 bits per heavy atom. The van der Waals surface area contributed by atoms with Gasteiger partial charge in [0.15, 0.2) is 5.82 Å². The number of aryl methyl sites for hydroxylation is 2. The van der Waals surface area contributed by atoms with Crippen LogP contribution in [0.5, 0.6) is 11.6 Å². The molecule has 1 N–H and O–H groups in total. The molecule has 0 atom stereocenters. The third-order valence-corrected chi connectivity index (χ3v) is 4.92. The highest BCUT2D eigenvalue weighted by molar-refractivity contribution is 5.81. The van der Waals surface area contributed by atoms with Crippen molar-refractivity contribution in [2.45, 2.75) is 19.3 Å². The Hall–Kier alpha value is -3.55. The fraction of sp³-hybridized carbons (Fsp3) is 0.227. The number of methoxy groups -OCH3 is 2. The summed E-state index contributed by atoms with van der Waals surface area (Å²) in [4.78, 5) is 15.4. The van der Waals surface area contributed by atoms with Crippen molar-refractivity contribution in [1.82, 2.24) is 19.9 Å². The van der Waals surface area contributed by atoms with Gasteiger partial charge in [-0.3, -0.25) is 0 Å². The van der Waals surface area contributed by atoms with E-state index >= 15 is 0 Å². The van der Waals surface area contributed by atoms with Crippen molar-refractivity contribution in [3.05, 3.63) is 77.0 Å². The van der Waals surface area contributed by atoms with Gasteiger partial charge in [-0.15, -0.1) is 0 Å². The van der Waals surface area contributed by atoms with Gasteiger partial charge in [0.1, 0.15) is 11.4 Å². The first kappa shape index (κ1) is 19.8. The summed E-state index contributed by atoms with van der Waals surface area (Å²) >= 11 is 0. The SMILES string of the molecule is COc1cnc2[nH]cc(Cc3ccc(CCc4cnc(OC)c(F)c4)nc3F)c2c1. The minimum Gasteiger partial charge on any atom is -0.495 e. The number of H-pyrrole nitrogens is 1. The van der Waals surface area contributed by atoms with E-state index in [0.717, 1.165) is 16.6 Å². The Morgan fingerprint density at radius 2 is 1.83 bits per heavy atom. The molecule has 4 heterocycles. The van der Waals surface area contributed by atoms with Crippen molar-refractivity contribution in [3.8, 4) is 11.6 Å². The summed E-state index contributed by atoms with van der Waals surface area (Å²) in [5, 5.41) is 0.881. The summed E-state index contributed by atoms with van der Waals surface area (Å²) in [5.41, 5.74) is 3.40. The van der Waals surface area contributed by atoms with Crippen LogP contribution in [0.15, 0.2) is 42.9 Å². The van der Waals surface area contributed by atoms with Gasteiger partial charge in [0.25, 0.3) is 0 Å². The molecule has 4 aromatic heterocycles. The topological polar surface area (TPSA) is 72.9 Å². The van der Waals surface area contributed by atoms with E-state index in [2.05, 4.69) is 19.9 Å². The number of nitrogens with one attached hydrogen (secondary N) is 1. The van der Waals surface area contributed by atoms with Crippen LogP contribution >= 0.6 is 0 Å². The maximum absolute atomic E-state index is 14.6. The summed E-state index contributed by atoms with van der Waals surface area (Å²) in [7, 11) is 2.94. The Kier molecular flexibility index (Phi) is 5.56. The van der Waals surface area contributed by atoms with Gasteiger partial charge in [-0.25, -0.2) is 19.3 Å². The molecule has 4 aromatic rings. The zero-order valence-corrected chi connectivity index (χ0v) is 16.6. The molecule has 0 aliphatic carbocycles. The summed E-state index contributed by atoms with van der Waals surface area (Å²) in [6, 6.07) is 6.77. The summed E-state index contributed by atoms with van der Waals surface area (Å²) in [6.07, 6.45) is 6.33. The summed E-state index contributed by atoms with van der Waals surface area (Å²) < 4.78 is 38.4. The fourth-order valence-electron chi connectivity index (χ4n) is 3.30. The number of aromatic amines is 1. The second kappa shape index (κ2) is 8.44. The second-order valence-electron chi connectivity index (χ2n) is 6.85. The monoisotopic (exact) mass is 410 g/mol. The number of fused-ring (bicyclic) bond motifs is 1. The van der Waals surface area contributed by atoms with Gasteiger partial charge in [-0.1, -0.05) is 6.07 Å². The van der Waals surface area contributed by atoms with Crippen LogP contribution in [0.3, 0.4) is 0 Å². The van der Waals surface area contributed by atoms with Crippen LogP contribution in [0.2, 0.25) is 0 Å². The molecule has 0 bridgehead atoms. The number of ether oxygens (including phenoxy) is 2. The van der Waals surface area contributed by atoms with Crippen molar-refractivity contribution in [2.24, 2.45) is 0 Å². The molecule has 0 fully saturated rings. The van der Waals surface area contributed by atoms with Crippen LogP contribution in [0, 0.1) is 11.8 Å². The number of pyridine rings is 3. The number of aromatic nitrogens is 4. The zero-order chi connectivity index (χ0) is 21.1. The zero-order valence-electron chi connectivity index (χ0n) is 16.6. The molecule has 6 nitrogen and oxygen atoms in total. The summed E-state index contributed by atoms with van der Waals surface area (Å²) in [6.45, 7) is 0. The van der Waals surface area contributed by atoms with Gasteiger partial charge < -0.3 is 14.5 Å². The van der Waals surface area contributed by atoms with E-state index in [0.29, 0.717) is 41.8 Å². The Morgan fingerprint density at radius 1 is 0.967 bits per heavy atom. The molecule has 0 saturated carbocycles. The van der Waals surface area contributed by atoms with Crippen molar-refractivity contribution < 1.29 is 18.3 Å². The van der Waals surface area contributed by atoms with E-state index in [1.807, 2.05) is 12.3 Å². The van der Waals surface area contributed by atoms with E-state index < -0.39 is 11.8 Å². The minimum absolute atomic E-state index is 0.0441. The Bertz CT molecular complexity index is 1190. The molecule has 0 radical (unpaired) electrons. The maximum Gasteiger partial charge on any atom is 0.250 e. The predicted molar refractivity (Wildman–Crippen MR) is 108 cm³/mol. The molecule has 0 aliphatic heterocycles. The largest absolute Gasteiger partial charge is 0.495 e. The van der Waals surface area contributed by atoms with Crippen LogP contribution in [0.4, 0.5) is 8.78 Å². The highest BCUT2D eigenvalue weighted by atomic mass is 19.1. The van der Waals surface area contributed by atoms with Crippen molar-refractivity contribution in [2.75, 3.05) is 14.2 Å². The molecule has 0 amide bonds. The number of nitrogens with zero attached hydrogens (tertiary/aromatic N) is 3. The van der Waals surface area contributed by atoms with Crippen molar-refractivity contribution in [1.29, 1.82) is 0 Å². The molecule has 8 heteroatoms. The Labute approximate surface area is 171 Å². The van der Waals surface area contributed by atoms with Gasteiger partial charge in [-0.05, 0) is 42.2 Å². The van der Waals surface area contributed by atoms with Gasteiger partial charge in [0.05, 0.1) is 20.4 Å². The van der Waals surface area contributed by atoms with E-state index in [9.17, 15) is 8.78 Å². The first-order chi connectivity index (χ1) is 14.6. The molecule has 154 valence electrons. The van der Waals surface area contributed by atoms with Crippen LogP contribution in [0.1, 0.15) is 22.4 Å². The fourth-order valence-corrected chi connectivity index (χ4v) is 3.30. The summed E-state index contributed by atoms with van der Waals surface area (Å²) in [5.74, 6) is -0.440. The third-order valence-electron chi connectivity index (χ3n) is 4.92. The molecular formula is C22H20F2N4O2. The standard InChI is InChI=1S/C22H20F2N4O2/c1-29-17-9-18-15(11-25-21(18)26-12-17)8-14-4-6-16(28-20(14)24)5-3-13-7-19(23)22(30-2)27-10-13/h4,6-7,9-12H,3,5,8H2,1-2H3,(H,25,26). The van der Waals surface area contributed by atoms with E-state index in [1.165, 1.54) is 13.2 Å². The average molecular weight is 410 g/mol. The normalized spacial score (nSPS) is 11.1. The van der Waals surface area contributed by atoms with Gasteiger partial charge in [0.2, 0.25) is 11.8 Å². The first-order valence-corrected chi connectivity index (χ1v) is 9.40. The highest BCUT2D eigenvalue weighted by Crippen LogP contribution is 2.24. The van der Waals surface area contributed by atoms with E-state index in [4.69, 9.17) is 9.47 Å². The molecule has 30 heavy (non-hydrogen) atoms. The minimum atomic E-state index is -0.519. The maximum atomic E-state index is 14.6.